The predicted molar refractivity (Wildman–Crippen MR) is 94.4 cm³/mol. The maximum Gasteiger partial charge on any atom is 0.343 e. The Labute approximate surface area is 151 Å². The zero-order chi connectivity index (χ0) is 18.3. The molecule has 0 saturated carbocycles. The van der Waals surface area contributed by atoms with Gasteiger partial charge in [0, 0.05) is 0 Å². The van der Waals surface area contributed by atoms with Crippen LogP contribution in [0.15, 0.2) is 48.5 Å². The van der Waals surface area contributed by atoms with Gasteiger partial charge >= 0.3 is 5.97 Å². The van der Waals surface area contributed by atoms with Gasteiger partial charge in [-0.15, -0.1) is 0 Å². The van der Waals surface area contributed by atoms with Crippen molar-refractivity contribution in [3.8, 4) is 0 Å². The standard InChI is InChI=1S/C21H19NO4/c1-2-21(13-7-9-14-8-3-6-12-17(14)21)20(25)26-22-18(23)15-10-4-5-11-16(15)19(22)24/h3-6,8,10-12H,2,7,9,13H2,1H3. The quantitative estimate of drug-likeness (QED) is 0.797. The molecule has 0 aromatic heterocycles. The van der Waals surface area contributed by atoms with Gasteiger partial charge in [0.1, 0.15) is 0 Å². The Balaban J connectivity index is 1.67. The number of hydrogen-bond acceptors (Lipinski definition) is 4. The van der Waals surface area contributed by atoms with E-state index in [1.54, 1.807) is 24.3 Å². The Hall–Kier alpha value is -2.95. The van der Waals surface area contributed by atoms with Gasteiger partial charge in [-0.2, -0.15) is 0 Å². The molecule has 0 radical (unpaired) electrons. The molecule has 26 heavy (non-hydrogen) atoms. The molecule has 0 N–H and O–H groups in total. The summed E-state index contributed by atoms with van der Waals surface area (Å²) >= 11 is 0. The first-order valence-corrected chi connectivity index (χ1v) is 8.87. The van der Waals surface area contributed by atoms with Crippen molar-refractivity contribution in [1.82, 2.24) is 5.06 Å². The van der Waals surface area contributed by atoms with Gasteiger partial charge < -0.3 is 4.84 Å². The van der Waals surface area contributed by atoms with Crippen molar-refractivity contribution >= 4 is 17.8 Å². The van der Waals surface area contributed by atoms with Crippen molar-refractivity contribution in [3.63, 3.8) is 0 Å². The Morgan fingerprint density at radius 2 is 1.65 bits per heavy atom. The molecule has 1 atom stereocenters. The largest absolute Gasteiger partial charge is 0.343 e. The fraction of sp³-hybridized carbons (Fsp3) is 0.286. The Kier molecular flexibility index (Phi) is 3.87. The summed E-state index contributed by atoms with van der Waals surface area (Å²) in [6, 6.07) is 14.3. The summed E-state index contributed by atoms with van der Waals surface area (Å²) in [5.41, 5.74) is 1.76. The van der Waals surface area contributed by atoms with Crippen LogP contribution in [0.1, 0.15) is 58.0 Å². The number of carbonyl (C=O) groups is 3. The summed E-state index contributed by atoms with van der Waals surface area (Å²) < 4.78 is 0. The van der Waals surface area contributed by atoms with Crippen LogP contribution in [0.2, 0.25) is 0 Å². The minimum absolute atomic E-state index is 0.264. The summed E-state index contributed by atoms with van der Waals surface area (Å²) in [5, 5.41) is 0.613. The van der Waals surface area contributed by atoms with E-state index in [0.717, 1.165) is 24.0 Å². The lowest BCUT2D eigenvalue weighted by atomic mass is 9.68. The number of hydroxylamine groups is 2. The molecule has 0 saturated heterocycles. The molecule has 1 aliphatic carbocycles. The maximum absolute atomic E-state index is 13.1. The Bertz CT molecular complexity index is 885. The number of aryl methyl sites for hydroxylation is 1. The minimum Gasteiger partial charge on any atom is -0.329 e. The molecular weight excluding hydrogens is 330 g/mol. The molecule has 0 bridgehead atoms. The number of benzene rings is 2. The van der Waals surface area contributed by atoms with Crippen LogP contribution in [0.3, 0.4) is 0 Å². The number of hydrogen-bond donors (Lipinski definition) is 0. The lowest BCUT2D eigenvalue weighted by Crippen LogP contribution is -2.44. The molecule has 132 valence electrons. The highest BCUT2D eigenvalue weighted by Gasteiger charge is 2.47. The van der Waals surface area contributed by atoms with Gasteiger partial charge in [-0.1, -0.05) is 48.4 Å². The molecule has 1 aliphatic heterocycles. The number of fused-ring (bicyclic) bond motifs is 2. The van der Waals surface area contributed by atoms with Crippen LogP contribution in [-0.4, -0.2) is 22.8 Å². The van der Waals surface area contributed by atoms with Crippen molar-refractivity contribution in [1.29, 1.82) is 0 Å². The third-order valence-electron chi connectivity index (χ3n) is 5.51. The highest BCUT2D eigenvalue weighted by Crippen LogP contribution is 2.41. The van der Waals surface area contributed by atoms with E-state index < -0.39 is 23.2 Å². The topological polar surface area (TPSA) is 63.7 Å². The molecule has 4 rings (SSSR count). The van der Waals surface area contributed by atoms with Crippen molar-refractivity contribution < 1.29 is 19.2 Å². The smallest absolute Gasteiger partial charge is 0.329 e. The van der Waals surface area contributed by atoms with E-state index in [1.807, 2.05) is 31.2 Å². The van der Waals surface area contributed by atoms with Crippen LogP contribution in [0.25, 0.3) is 0 Å². The predicted octanol–water partition coefficient (Wildman–Crippen LogP) is 3.43. The van der Waals surface area contributed by atoms with Crippen LogP contribution in [0, 0.1) is 0 Å². The lowest BCUT2D eigenvalue weighted by Gasteiger charge is -2.36. The van der Waals surface area contributed by atoms with Crippen LogP contribution in [0.4, 0.5) is 0 Å². The molecule has 1 heterocycles. The maximum atomic E-state index is 13.1. The number of amides is 2. The number of imide groups is 1. The first kappa shape index (κ1) is 16.5. The Morgan fingerprint density at radius 3 is 2.31 bits per heavy atom. The zero-order valence-electron chi connectivity index (χ0n) is 14.5. The molecule has 0 spiro atoms. The molecule has 0 fully saturated rings. The summed E-state index contributed by atoms with van der Waals surface area (Å²) in [5.74, 6) is -1.72. The van der Waals surface area contributed by atoms with Crippen LogP contribution >= 0.6 is 0 Å². The van der Waals surface area contributed by atoms with Crippen LogP contribution in [0.5, 0.6) is 0 Å². The van der Waals surface area contributed by atoms with Crippen molar-refractivity contribution in [2.24, 2.45) is 0 Å². The average Bonchev–Trinajstić information content (AvgIpc) is 2.92. The van der Waals surface area contributed by atoms with E-state index in [4.69, 9.17) is 4.84 Å². The fourth-order valence-electron chi connectivity index (χ4n) is 4.06. The third kappa shape index (κ3) is 2.27. The highest BCUT2D eigenvalue weighted by molar-refractivity contribution is 6.21. The van der Waals surface area contributed by atoms with E-state index >= 15 is 0 Å². The summed E-state index contributed by atoms with van der Waals surface area (Å²) in [6.45, 7) is 1.94. The van der Waals surface area contributed by atoms with Gasteiger partial charge in [0.2, 0.25) is 0 Å². The third-order valence-corrected chi connectivity index (χ3v) is 5.51. The van der Waals surface area contributed by atoms with Crippen LogP contribution < -0.4 is 0 Å². The zero-order valence-corrected chi connectivity index (χ0v) is 14.5. The fourth-order valence-corrected chi connectivity index (χ4v) is 4.06. The van der Waals surface area contributed by atoms with Crippen LogP contribution in [-0.2, 0) is 21.5 Å². The molecular formula is C21H19NO4. The van der Waals surface area contributed by atoms with Crippen molar-refractivity contribution in [3.05, 3.63) is 70.8 Å². The molecule has 1 unspecified atom stereocenters. The SMILES string of the molecule is CCC1(C(=O)ON2C(=O)c3ccccc3C2=O)CCCc2ccccc21. The molecule has 2 aliphatic rings. The first-order valence-electron chi connectivity index (χ1n) is 8.87. The first-order chi connectivity index (χ1) is 12.6. The van der Waals surface area contributed by atoms with Gasteiger partial charge in [0.15, 0.2) is 0 Å². The minimum atomic E-state index is -0.829. The number of rotatable bonds is 3. The summed E-state index contributed by atoms with van der Waals surface area (Å²) in [7, 11) is 0. The molecule has 5 heteroatoms. The number of nitrogens with zero attached hydrogens (tertiary/aromatic N) is 1. The number of carbonyl (C=O) groups excluding carboxylic acids is 3. The van der Waals surface area contributed by atoms with Gasteiger partial charge in [0.05, 0.1) is 16.5 Å². The van der Waals surface area contributed by atoms with Gasteiger partial charge in [0.25, 0.3) is 11.8 Å². The van der Waals surface area contributed by atoms with E-state index in [9.17, 15) is 14.4 Å². The normalized spacial score (nSPS) is 21.3. The van der Waals surface area contributed by atoms with E-state index in [0.29, 0.717) is 17.9 Å². The second-order valence-electron chi connectivity index (χ2n) is 6.78. The monoisotopic (exact) mass is 349 g/mol. The summed E-state index contributed by atoms with van der Waals surface area (Å²) in [4.78, 5) is 43.5. The second kappa shape index (κ2) is 6.09. The molecule has 2 amide bonds. The highest BCUT2D eigenvalue weighted by atomic mass is 16.7. The molecule has 5 nitrogen and oxygen atoms in total. The Morgan fingerprint density at radius 1 is 1.04 bits per heavy atom. The van der Waals surface area contributed by atoms with Gasteiger partial charge in [-0.25, -0.2) is 4.79 Å². The lowest BCUT2D eigenvalue weighted by molar-refractivity contribution is -0.177. The van der Waals surface area contributed by atoms with E-state index in [2.05, 4.69) is 0 Å². The molecule has 2 aromatic carbocycles. The molecule has 2 aromatic rings. The average molecular weight is 349 g/mol. The van der Waals surface area contributed by atoms with Gasteiger partial charge in [-0.05, 0) is 48.9 Å². The van der Waals surface area contributed by atoms with E-state index in [1.165, 1.54) is 0 Å². The van der Waals surface area contributed by atoms with Crippen molar-refractivity contribution in [2.45, 2.75) is 38.0 Å². The van der Waals surface area contributed by atoms with Crippen molar-refractivity contribution in [2.75, 3.05) is 0 Å². The second-order valence-corrected chi connectivity index (χ2v) is 6.78. The van der Waals surface area contributed by atoms with E-state index in [-0.39, 0.29) is 11.1 Å². The summed E-state index contributed by atoms with van der Waals surface area (Å²) in [6.07, 6.45) is 2.97. The van der Waals surface area contributed by atoms with Gasteiger partial charge in [-0.3, -0.25) is 9.59 Å².